The summed E-state index contributed by atoms with van der Waals surface area (Å²) in [5.74, 6) is 0.00435. The zero-order valence-corrected chi connectivity index (χ0v) is 10.9. The van der Waals surface area contributed by atoms with E-state index in [4.69, 9.17) is 4.74 Å². The molecule has 0 radical (unpaired) electrons. The Morgan fingerprint density at radius 2 is 2.31 bits per heavy atom. The summed E-state index contributed by atoms with van der Waals surface area (Å²) in [5.41, 5.74) is 2.64. The van der Waals surface area contributed by atoms with E-state index in [0.717, 1.165) is 23.7 Å². The topological polar surface area (TPSA) is 26.3 Å². The predicted molar refractivity (Wildman–Crippen MR) is 66.3 cm³/mol. The molecule has 0 fully saturated rings. The summed E-state index contributed by atoms with van der Waals surface area (Å²) >= 11 is 3.47. The Hall–Kier alpha value is -0.830. The molecule has 0 saturated heterocycles. The average molecular weight is 283 g/mol. The fourth-order valence-corrected chi connectivity index (χ4v) is 2.59. The number of hydrogen-bond donors (Lipinski definition) is 0. The first kappa shape index (κ1) is 11.6. The Labute approximate surface area is 104 Å². The Morgan fingerprint density at radius 3 is 3.06 bits per heavy atom. The molecule has 16 heavy (non-hydrogen) atoms. The molecule has 0 saturated carbocycles. The van der Waals surface area contributed by atoms with Crippen molar-refractivity contribution in [2.24, 2.45) is 5.92 Å². The third-order valence-electron chi connectivity index (χ3n) is 3.02. The van der Waals surface area contributed by atoms with E-state index < -0.39 is 0 Å². The van der Waals surface area contributed by atoms with Crippen LogP contribution in [0.25, 0.3) is 0 Å². The van der Waals surface area contributed by atoms with Gasteiger partial charge in [-0.3, -0.25) is 4.79 Å². The van der Waals surface area contributed by atoms with Crippen LogP contribution in [0.5, 0.6) is 0 Å². The van der Waals surface area contributed by atoms with Crippen LogP contribution >= 0.6 is 15.9 Å². The summed E-state index contributed by atoms with van der Waals surface area (Å²) in [6, 6.07) is 6.29. The van der Waals surface area contributed by atoms with Gasteiger partial charge in [-0.15, -0.1) is 0 Å². The van der Waals surface area contributed by atoms with Crippen molar-refractivity contribution < 1.29 is 9.53 Å². The van der Waals surface area contributed by atoms with Crippen molar-refractivity contribution in [1.82, 2.24) is 0 Å². The van der Waals surface area contributed by atoms with Crippen LogP contribution < -0.4 is 0 Å². The van der Waals surface area contributed by atoms with E-state index in [1.165, 1.54) is 11.1 Å². The first-order valence-corrected chi connectivity index (χ1v) is 6.44. The van der Waals surface area contributed by atoms with Crippen molar-refractivity contribution in [2.45, 2.75) is 26.2 Å². The van der Waals surface area contributed by atoms with Crippen molar-refractivity contribution in [3.8, 4) is 0 Å². The van der Waals surface area contributed by atoms with E-state index in [-0.39, 0.29) is 11.9 Å². The molecule has 1 aromatic rings. The number of aryl methyl sites for hydroxylation is 1. The van der Waals surface area contributed by atoms with E-state index in [1.807, 2.05) is 13.0 Å². The Balaban J connectivity index is 2.12. The molecule has 86 valence electrons. The molecule has 2 rings (SSSR count). The maximum Gasteiger partial charge on any atom is 0.309 e. The zero-order chi connectivity index (χ0) is 11.5. The van der Waals surface area contributed by atoms with Gasteiger partial charge in [0.05, 0.1) is 12.5 Å². The van der Waals surface area contributed by atoms with Crippen LogP contribution in [0.3, 0.4) is 0 Å². The minimum Gasteiger partial charge on any atom is -0.466 e. The number of halogens is 1. The molecular weight excluding hydrogens is 268 g/mol. The molecule has 1 aliphatic carbocycles. The molecule has 0 unspecified atom stereocenters. The highest BCUT2D eigenvalue weighted by atomic mass is 79.9. The summed E-state index contributed by atoms with van der Waals surface area (Å²) in [4.78, 5) is 11.6. The Morgan fingerprint density at radius 1 is 1.50 bits per heavy atom. The largest absolute Gasteiger partial charge is 0.466 e. The second kappa shape index (κ2) is 5.00. The number of hydrogen-bond acceptors (Lipinski definition) is 2. The molecule has 0 amide bonds. The highest BCUT2D eigenvalue weighted by Crippen LogP contribution is 2.28. The normalized spacial score (nSPS) is 19.0. The maximum atomic E-state index is 11.6. The van der Waals surface area contributed by atoms with Crippen molar-refractivity contribution in [3.63, 3.8) is 0 Å². The van der Waals surface area contributed by atoms with Crippen LogP contribution in [-0.2, 0) is 22.4 Å². The van der Waals surface area contributed by atoms with E-state index >= 15 is 0 Å². The summed E-state index contributed by atoms with van der Waals surface area (Å²) < 4.78 is 6.18. The molecule has 1 aliphatic rings. The van der Waals surface area contributed by atoms with Crippen LogP contribution in [0.4, 0.5) is 0 Å². The first-order chi connectivity index (χ1) is 7.70. The van der Waals surface area contributed by atoms with Crippen molar-refractivity contribution in [3.05, 3.63) is 33.8 Å². The minimum absolute atomic E-state index is 0.0453. The molecule has 1 atom stereocenters. The van der Waals surface area contributed by atoms with Crippen LogP contribution in [-0.4, -0.2) is 12.6 Å². The van der Waals surface area contributed by atoms with Crippen LogP contribution in [0, 0.1) is 5.92 Å². The van der Waals surface area contributed by atoms with Crippen molar-refractivity contribution in [1.29, 1.82) is 0 Å². The van der Waals surface area contributed by atoms with Crippen LogP contribution in [0.15, 0.2) is 22.7 Å². The summed E-state index contributed by atoms with van der Waals surface area (Å²) in [7, 11) is 0. The maximum absolute atomic E-state index is 11.6. The van der Waals surface area contributed by atoms with Gasteiger partial charge < -0.3 is 4.74 Å². The Bertz CT molecular complexity index is 401. The zero-order valence-electron chi connectivity index (χ0n) is 9.33. The molecule has 0 spiro atoms. The first-order valence-electron chi connectivity index (χ1n) is 5.64. The van der Waals surface area contributed by atoms with Crippen LogP contribution in [0.1, 0.15) is 24.5 Å². The van der Waals surface area contributed by atoms with Gasteiger partial charge in [0.2, 0.25) is 0 Å². The van der Waals surface area contributed by atoms with Gasteiger partial charge in [0, 0.05) is 4.47 Å². The molecule has 0 aromatic heterocycles. The third kappa shape index (κ3) is 2.46. The third-order valence-corrected chi connectivity index (χ3v) is 3.51. The molecule has 0 heterocycles. The summed E-state index contributed by atoms with van der Waals surface area (Å²) in [6.07, 6.45) is 2.70. The molecule has 0 aliphatic heterocycles. The lowest BCUT2D eigenvalue weighted by Crippen LogP contribution is -2.24. The van der Waals surface area contributed by atoms with E-state index in [0.29, 0.717) is 6.61 Å². The highest BCUT2D eigenvalue weighted by molar-refractivity contribution is 9.10. The number of rotatable bonds is 2. The monoisotopic (exact) mass is 282 g/mol. The molecule has 1 aromatic carbocycles. The highest BCUT2D eigenvalue weighted by Gasteiger charge is 2.25. The Kier molecular flexibility index (Phi) is 3.64. The minimum atomic E-state index is -0.0453. The number of carbonyl (C=O) groups is 1. The van der Waals surface area contributed by atoms with Gasteiger partial charge >= 0.3 is 5.97 Å². The quantitative estimate of drug-likeness (QED) is 0.779. The van der Waals surface area contributed by atoms with Gasteiger partial charge in [-0.2, -0.15) is 0 Å². The standard InChI is InChI=1S/C13H15BrO2/c1-2-16-13(15)11-4-3-10-8-12(14)6-5-9(10)7-11/h5-6,8,11H,2-4,7H2,1H3/t11-/m1/s1. The lowest BCUT2D eigenvalue weighted by atomic mass is 9.84. The number of ether oxygens (including phenoxy) is 1. The lowest BCUT2D eigenvalue weighted by molar-refractivity contribution is -0.148. The predicted octanol–water partition coefficient (Wildman–Crippen LogP) is 3.12. The molecule has 2 nitrogen and oxygen atoms in total. The number of benzene rings is 1. The average Bonchev–Trinajstić information content (AvgIpc) is 2.28. The second-order valence-electron chi connectivity index (χ2n) is 4.10. The number of carbonyl (C=O) groups excluding carboxylic acids is 1. The van der Waals surface area contributed by atoms with Gasteiger partial charge in [-0.05, 0) is 49.4 Å². The summed E-state index contributed by atoms with van der Waals surface area (Å²) in [6.45, 7) is 2.33. The van der Waals surface area contributed by atoms with Crippen LogP contribution in [0.2, 0.25) is 0 Å². The van der Waals surface area contributed by atoms with Gasteiger partial charge in [-0.1, -0.05) is 22.0 Å². The number of fused-ring (bicyclic) bond motifs is 1. The van der Waals surface area contributed by atoms with Crippen molar-refractivity contribution >= 4 is 21.9 Å². The summed E-state index contributed by atoms with van der Waals surface area (Å²) in [5, 5.41) is 0. The van der Waals surface area contributed by atoms with Gasteiger partial charge in [0.15, 0.2) is 0 Å². The van der Waals surface area contributed by atoms with Gasteiger partial charge in [-0.25, -0.2) is 0 Å². The van der Waals surface area contributed by atoms with E-state index in [9.17, 15) is 4.79 Å². The second-order valence-corrected chi connectivity index (χ2v) is 5.02. The SMILES string of the molecule is CCOC(=O)[C@@H]1CCc2cc(Br)ccc2C1. The molecule has 3 heteroatoms. The fraction of sp³-hybridized carbons (Fsp3) is 0.462. The fourth-order valence-electron chi connectivity index (χ4n) is 2.18. The van der Waals surface area contributed by atoms with E-state index in [1.54, 1.807) is 0 Å². The smallest absolute Gasteiger partial charge is 0.309 e. The van der Waals surface area contributed by atoms with Gasteiger partial charge in [0.25, 0.3) is 0 Å². The molecule has 0 bridgehead atoms. The van der Waals surface area contributed by atoms with Crippen molar-refractivity contribution in [2.75, 3.05) is 6.61 Å². The molecule has 0 N–H and O–H groups in total. The van der Waals surface area contributed by atoms with E-state index in [2.05, 4.69) is 28.1 Å². The number of esters is 1. The molecular formula is C13H15BrO2. The van der Waals surface area contributed by atoms with Gasteiger partial charge in [0.1, 0.15) is 0 Å². The lowest BCUT2D eigenvalue weighted by Gasteiger charge is -2.23.